The summed E-state index contributed by atoms with van der Waals surface area (Å²) in [6.07, 6.45) is 11.3. The Morgan fingerprint density at radius 3 is 1.33 bits per heavy atom. The molecule has 5 heterocycles. The Morgan fingerprint density at radius 2 is 0.942 bits per heavy atom. The van der Waals surface area contributed by atoms with Gasteiger partial charge < -0.3 is 19.4 Å². The van der Waals surface area contributed by atoms with Crippen molar-refractivity contribution in [2.75, 3.05) is 37.2 Å². The lowest BCUT2D eigenvalue weighted by Crippen LogP contribution is -2.07. The van der Waals surface area contributed by atoms with Gasteiger partial charge in [0.2, 0.25) is 0 Å². The molecular weight excluding hydrogens is 697 g/mol. The van der Waals surface area contributed by atoms with E-state index in [-0.39, 0.29) is 11.5 Å². The molecule has 0 unspecified atom stereocenters. The summed E-state index contributed by atoms with van der Waals surface area (Å²) in [5.41, 5.74) is 10.5. The minimum Gasteiger partial charge on any atom is -0.494 e. The zero-order chi connectivity index (χ0) is 36.3. The number of nitrogens with one attached hydrogen (secondary N) is 2. The normalized spacial score (nSPS) is 12.7. The van der Waals surface area contributed by atoms with Gasteiger partial charge in [-0.05, 0) is 109 Å². The fourth-order valence-electron chi connectivity index (χ4n) is 6.14. The average Bonchev–Trinajstić information content (AvgIpc) is 3.93. The molecule has 0 amide bonds. The van der Waals surface area contributed by atoms with Gasteiger partial charge in [-0.1, -0.05) is 24.3 Å². The zero-order valence-electron chi connectivity index (χ0n) is 28.8. The van der Waals surface area contributed by atoms with Crippen LogP contribution in [0.5, 0.6) is 11.5 Å². The summed E-state index contributed by atoms with van der Waals surface area (Å²) in [7, 11) is -6.06. The van der Waals surface area contributed by atoms with Gasteiger partial charge >= 0.3 is 0 Å². The molecule has 3 aromatic heterocycles. The second kappa shape index (κ2) is 14.6. The fraction of sp³-hybridized carbons (Fsp3) is 0.200. The van der Waals surface area contributed by atoms with Crippen LogP contribution in [0.2, 0.25) is 0 Å². The Labute approximate surface area is 302 Å². The van der Waals surface area contributed by atoms with Gasteiger partial charge in [-0.25, -0.2) is 26.8 Å². The van der Waals surface area contributed by atoms with E-state index in [1.54, 1.807) is 0 Å². The summed E-state index contributed by atoms with van der Waals surface area (Å²) < 4.78 is 57.5. The van der Waals surface area contributed by atoms with E-state index in [9.17, 15) is 16.8 Å². The first-order valence-corrected chi connectivity index (χ1v) is 21.0. The lowest BCUT2D eigenvalue weighted by atomic mass is 10.0. The Kier molecular flexibility index (Phi) is 9.85. The van der Waals surface area contributed by atoms with E-state index in [0.717, 1.165) is 67.1 Å². The number of aromatic nitrogens is 4. The first-order valence-electron chi connectivity index (χ1n) is 16.9. The van der Waals surface area contributed by atoms with Crippen molar-refractivity contribution in [3.63, 3.8) is 0 Å². The van der Waals surface area contributed by atoms with E-state index < -0.39 is 19.7 Å². The number of sulfone groups is 2. The van der Waals surface area contributed by atoms with Crippen molar-refractivity contribution >= 4 is 66.0 Å². The number of aromatic amines is 2. The smallest absolute Gasteiger partial charge is 0.147 e. The van der Waals surface area contributed by atoms with Crippen LogP contribution in [0.1, 0.15) is 35.6 Å². The van der Waals surface area contributed by atoms with Gasteiger partial charge in [-0.2, -0.15) is 0 Å². The Morgan fingerprint density at radius 1 is 0.538 bits per heavy atom. The Hall–Kier alpha value is -5.46. The van der Waals surface area contributed by atoms with E-state index in [4.69, 9.17) is 19.4 Å². The summed E-state index contributed by atoms with van der Waals surface area (Å²) in [4.78, 5) is 17.2. The minimum absolute atomic E-state index is 0.0879. The highest BCUT2D eigenvalue weighted by Crippen LogP contribution is 2.33. The fourth-order valence-corrected chi connectivity index (χ4v) is 7.42. The van der Waals surface area contributed by atoms with Crippen LogP contribution in [0, 0.1) is 0 Å². The van der Waals surface area contributed by atoms with E-state index in [0.29, 0.717) is 37.6 Å². The van der Waals surface area contributed by atoms with Crippen LogP contribution in [-0.4, -0.2) is 74.0 Å². The minimum atomic E-state index is -3.03. The van der Waals surface area contributed by atoms with Crippen molar-refractivity contribution in [2.24, 2.45) is 0 Å². The van der Waals surface area contributed by atoms with E-state index in [1.807, 2.05) is 109 Å². The van der Waals surface area contributed by atoms with Gasteiger partial charge in [0.05, 0.1) is 47.5 Å². The molecule has 0 saturated carbocycles. The van der Waals surface area contributed by atoms with Crippen LogP contribution < -0.4 is 9.47 Å². The maximum Gasteiger partial charge on any atom is 0.147 e. The number of rotatable bonds is 12. The molecule has 266 valence electrons. The standard InChI is InChI=1S/C40H38N4O6S2/c1-51(45,46)23-3-21-49-33-13-5-27(6-14-33)39-35-17-9-29(41-35)25-31-11-19-37(43-31)40(38-20-12-32(44-38)26-30-10-18-36(39)42-30)28-7-15-34(16-8-28)50-22-4-24-52(2,47)48/h5-20,25-26,41,44H,3-4,21-24H2,1-2H3. The average molecular weight is 735 g/mol. The summed E-state index contributed by atoms with van der Waals surface area (Å²) in [6.45, 7) is 0.634. The lowest BCUT2D eigenvalue weighted by molar-refractivity contribution is 0.317. The molecule has 0 aliphatic carbocycles. The zero-order valence-corrected chi connectivity index (χ0v) is 30.4. The summed E-state index contributed by atoms with van der Waals surface area (Å²) in [5, 5.41) is 0. The van der Waals surface area contributed by atoms with Crippen molar-refractivity contribution < 1.29 is 26.3 Å². The molecule has 8 bridgehead atoms. The Bertz CT molecular complexity index is 2390. The van der Waals surface area contributed by atoms with Crippen LogP contribution in [-0.2, 0) is 19.7 Å². The van der Waals surface area contributed by atoms with Gasteiger partial charge in [-0.15, -0.1) is 0 Å². The molecule has 10 nitrogen and oxygen atoms in total. The number of nitrogens with zero attached hydrogens (tertiary/aromatic N) is 2. The van der Waals surface area contributed by atoms with Crippen LogP contribution >= 0.6 is 0 Å². The van der Waals surface area contributed by atoms with E-state index in [1.165, 1.54) is 12.5 Å². The second-order valence-electron chi connectivity index (χ2n) is 12.9. The molecule has 5 aromatic rings. The highest BCUT2D eigenvalue weighted by Gasteiger charge is 2.14. The molecule has 0 saturated heterocycles. The molecule has 52 heavy (non-hydrogen) atoms. The molecule has 0 spiro atoms. The number of ether oxygens (including phenoxy) is 2. The highest BCUT2D eigenvalue weighted by molar-refractivity contribution is 7.90. The number of hydrogen-bond acceptors (Lipinski definition) is 8. The molecule has 2 N–H and O–H groups in total. The molecule has 2 aliphatic rings. The van der Waals surface area contributed by atoms with Crippen LogP contribution in [0.15, 0.2) is 84.9 Å². The first kappa shape index (κ1) is 35.0. The van der Waals surface area contributed by atoms with Gasteiger partial charge in [0.15, 0.2) is 0 Å². The van der Waals surface area contributed by atoms with Gasteiger partial charge in [0, 0.05) is 45.7 Å². The van der Waals surface area contributed by atoms with E-state index >= 15 is 0 Å². The predicted molar refractivity (Wildman–Crippen MR) is 209 cm³/mol. The number of H-pyrrole nitrogens is 2. The first-order chi connectivity index (χ1) is 25.0. The van der Waals surface area contributed by atoms with Crippen molar-refractivity contribution in [3.8, 4) is 33.8 Å². The number of benzene rings is 2. The van der Waals surface area contributed by atoms with Crippen LogP contribution in [0.3, 0.4) is 0 Å². The third-order valence-electron chi connectivity index (χ3n) is 8.54. The van der Waals surface area contributed by atoms with Gasteiger partial charge in [0.25, 0.3) is 0 Å². The topological polar surface area (TPSA) is 144 Å². The molecule has 2 aromatic carbocycles. The molecule has 2 aliphatic heterocycles. The summed E-state index contributed by atoms with van der Waals surface area (Å²) in [6, 6.07) is 27.6. The predicted octanol–water partition coefficient (Wildman–Crippen LogP) is 7.62. The monoisotopic (exact) mass is 734 g/mol. The molecule has 0 atom stereocenters. The maximum atomic E-state index is 11.5. The van der Waals surface area contributed by atoms with Gasteiger partial charge in [0.1, 0.15) is 31.2 Å². The molecule has 0 radical (unpaired) electrons. The van der Waals surface area contributed by atoms with Crippen LogP contribution in [0.25, 0.3) is 68.6 Å². The summed E-state index contributed by atoms with van der Waals surface area (Å²) >= 11 is 0. The SMILES string of the molecule is CS(=O)(=O)CCCOc1ccc(-c2c3nc(cc4ccc([nH]4)c(-c4ccc(OCCCS(C)(=O)=O)cc4)c4nc(cc5ccc2[nH]5)C=C4)C=C3)cc1. The second-order valence-corrected chi connectivity index (χ2v) is 17.4. The lowest BCUT2D eigenvalue weighted by Gasteiger charge is -2.08. The molecular formula is C40H38N4O6S2. The third-order valence-corrected chi connectivity index (χ3v) is 10.6. The molecule has 0 fully saturated rings. The number of fused-ring (bicyclic) bond motifs is 8. The van der Waals surface area contributed by atoms with E-state index in [2.05, 4.69) is 9.97 Å². The summed E-state index contributed by atoms with van der Waals surface area (Å²) in [5.74, 6) is 1.51. The Balaban J connectivity index is 1.26. The quantitative estimate of drug-likeness (QED) is 0.122. The van der Waals surface area contributed by atoms with Crippen molar-refractivity contribution in [1.82, 2.24) is 19.9 Å². The highest BCUT2D eigenvalue weighted by atomic mass is 32.2. The largest absolute Gasteiger partial charge is 0.494 e. The van der Waals surface area contributed by atoms with Crippen LogP contribution in [0.4, 0.5) is 0 Å². The van der Waals surface area contributed by atoms with Crippen molar-refractivity contribution in [3.05, 3.63) is 108 Å². The maximum absolute atomic E-state index is 11.5. The third kappa shape index (κ3) is 8.70. The molecule has 7 rings (SSSR count). The number of hydrogen-bond donors (Lipinski definition) is 2. The molecule has 12 heteroatoms. The van der Waals surface area contributed by atoms with Crippen molar-refractivity contribution in [2.45, 2.75) is 12.8 Å². The van der Waals surface area contributed by atoms with Gasteiger partial charge in [-0.3, -0.25) is 0 Å². The van der Waals surface area contributed by atoms with Crippen molar-refractivity contribution in [1.29, 1.82) is 0 Å².